The number of halogens is 3. The van der Waals surface area contributed by atoms with Gasteiger partial charge in [0.05, 0.1) is 0 Å². The van der Waals surface area contributed by atoms with Crippen LogP contribution in [-0.4, -0.2) is 25.6 Å². The molecule has 0 spiro atoms. The lowest BCUT2D eigenvalue weighted by atomic mass is 10.3. The maximum atomic E-state index is 12.2. The maximum Gasteiger partial charge on any atom is 0.573 e. The minimum atomic E-state index is -4.78. The molecule has 0 saturated heterocycles. The van der Waals surface area contributed by atoms with Crippen LogP contribution in [0.3, 0.4) is 0 Å². The highest BCUT2D eigenvalue weighted by atomic mass is 32.2. The molecule has 24 heavy (non-hydrogen) atoms. The zero-order valence-corrected chi connectivity index (χ0v) is 13.1. The molecule has 0 atom stereocenters. The third kappa shape index (κ3) is 4.39. The van der Waals surface area contributed by atoms with Gasteiger partial charge in [0.15, 0.2) is 9.84 Å². The molecule has 0 saturated carbocycles. The number of aromatic nitrogens is 1. The van der Waals surface area contributed by atoms with Crippen LogP contribution in [0.2, 0.25) is 0 Å². The highest BCUT2D eigenvalue weighted by Gasteiger charge is 2.30. The summed E-state index contributed by atoms with van der Waals surface area (Å²) in [7, 11) is -3.68. The first-order chi connectivity index (χ1) is 11.1. The van der Waals surface area contributed by atoms with E-state index >= 15 is 0 Å². The van der Waals surface area contributed by atoms with Gasteiger partial charge in [-0.3, -0.25) is 0 Å². The summed E-state index contributed by atoms with van der Waals surface area (Å²) in [5, 5.41) is 8.94. The molecule has 2 rings (SSSR count). The fourth-order valence-corrected chi connectivity index (χ4v) is 2.41. The van der Waals surface area contributed by atoms with Gasteiger partial charge in [0.2, 0.25) is 0 Å². The summed E-state index contributed by atoms with van der Waals surface area (Å²) >= 11 is 0. The van der Waals surface area contributed by atoms with E-state index in [-0.39, 0.29) is 5.75 Å². The molecule has 0 radical (unpaired) electrons. The van der Waals surface area contributed by atoms with E-state index < -0.39 is 21.1 Å². The van der Waals surface area contributed by atoms with Crippen LogP contribution >= 0.6 is 0 Å². The first-order valence-electron chi connectivity index (χ1n) is 6.45. The number of nitrogens with zero attached hydrogens (tertiary/aromatic N) is 2. The Morgan fingerprint density at radius 2 is 1.88 bits per heavy atom. The summed E-state index contributed by atoms with van der Waals surface area (Å²) in [4.78, 5) is -0.417. The van der Waals surface area contributed by atoms with Gasteiger partial charge in [-0.2, -0.15) is 5.26 Å². The molecule has 1 aromatic heterocycles. The molecule has 0 aliphatic carbocycles. The number of benzene rings is 1. The Bertz CT molecular complexity index is 905. The zero-order chi connectivity index (χ0) is 18.0. The number of hydrogen-bond acceptors (Lipinski definition) is 4. The summed E-state index contributed by atoms with van der Waals surface area (Å²) in [6.07, 6.45) is -1.09. The molecule has 0 fully saturated rings. The van der Waals surface area contributed by atoms with Crippen molar-refractivity contribution in [2.75, 3.05) is 6.26 Å². The van der Waals surface area contributed by atoms with E-state index in [4.69, 9.17) is 5.26 Å². The van der Waals surface area contributed by atoms with Crippen LogP contribution in [0, 0.1) is 11.3 Å². The Morgan fingerprint density at radius 1 is 1.25 bits per heavy atom. The summed E-state index contributed by atoms with van der Waals surface area (Å²) in [5.41, 5.74) is 0.869. The van der Waals surface area contributed by atoms with E-state index in [0.29, 0.717) is 11.4 Å². The van der Waals surface area contributed by atoms with E-state index in [0.717, 1.165) is 18.4 Å². The molecule has 0 unspecified atom stereocenters. The summed E-state index contributed by atoms with van der Waals surface area (Å²) in [6.45, 7) is 0. The molecule has 0 N–H and O–H groups in total. The number of alkyl halides is 3. The quantitative estimate of drug-likeness (QED) is 0.788. The average Bonchev–Trinajstić information content (AvgIpc) is 2.90. The van der Waals surface area contributed by atoms with Gasteiger partial charge in [0, 0.05) is 23.8 Å². The SMILES string of the molecule is CS(=O)(=O)/C(C#N)=C/c1cccn1-c1ccc(OC(F)(F)F)cc1. The predicted molar refractivity (Wildman–Crippen MR) is 80.9 cm³/mol. The fourth-order valence-electron chi connectivity index (χ4n) is 1.91. The summed E-state index contributed by atoms with van der Waals surface area (Å²) in [5.74, 6) is -0.371. The van der Waals surface area contributed by atoms with Gasteiger partial charge in [0.1, 0.15) is 16.7 Å². The molecule has 0 aliphatic rings. The first kappa shape index (κ1) is 17.6. The highest BCUT2D eigenvalue weighted by Crippen LogP contribution is 2.24. The Balaban J connectivity index is 2.38. The lowest BCUT2D eigenvalue weighted by Gasteiger charge is -2.11. The van der Waals surface area contributed by atoms with Crippen molar-refractivity contribution >= 4 is 15.9 Å². The number of sulfone groups is 1. The van der Waals surface area contributed by atoms with Crippen LogP contribution in [0.25, 0.3) is 11.8 Å². The second kappa shape index (κ2) is 6.41. The monoisotopic (exact) mass is 356 g/mol. The topological polar surface area (TPSA) is 72.1 Å². The van der Waals surface area contributed by atoms with Crippen molar-refractivity contribution in [2.24, 2.45) is 0 Å². The Kier molecular flexibility index (Phi) is 4.71. The van der Waals surface area contributed by atoms with Crippen LogP contribution < -0.4 is 4.74 Å². The normalized spacial score (nSPS) is 12.7. The minimum Gasteiger partial charge on any atom is -0.406 e. The van der Waals surface area contributed by atoms with Crippen LogP contribution in [0.4, 0.5) is 13.2 Å². The van der Waals surface area contributed by atoms with Gasteiger partial charge in [-0.1, -0.05) is 0 Å². The third-order valence-corrected chi connectivity index (χ3v) is 3.93. The van der Waals surface area contributed by atoms with Crippen molar-refractivity contribution in [1.82, 2.24) is 4.57 Å². The minimum absolute atomic E-state index is 0.371. The van der Waals surface area contributed by atoms with Crippen LogP contribution in [-0.2, 0) is 9.84 Å². The molecule has 1 heterocycles. The van der Waals surface area contributed by atoms with Crippen molar-refractivity contribution in [3.8, 4) is 17.5 Å². The van der Waals surface area contributed by atoms with E-state index in [1.165, 1.54) is 22.8 Å². The number of ether oxygens (including phenoxy) is 1. The zero-order valence-electron chi connectivity index (χ0n) is 12.3. The average molecular weight is 356 g/mol. The van der Waals surface area contributed by atoms with E-state index in [1.807, 2.05) is 0 Å². The molecule has 5 nitrogen and oxygen atoms in total. The molecule has 9 heteroatoms. The summed E-state index contributed by atoms with van der Waals surface area (Å²) < 4.78 is 64.7. The Labute approximate surface area is 136 Å². The first-order valence-corrected chi connectivity index (χ1v) is 8.35. The van der Waals surface area contributed by atoms with Crippen LogP contribution in [0.15, 0.2) is 47.5 Å². The molecular weight excluding hydrogens is 345 g/mol. The molecule has 2 aromatic rings. The Hall–Kier alpha value is -2.73. The molecular formula is C15H11F3N2O3S. The molecule has 0 aliphatic heterocycles. The van der Waals surface area contributed by atoms with Gasteiger partial charge < -0.3 is 9.30 Å². The largest absolute Gasteiger partial charge is 0.573 e. The van der Waals surface area contributed by atoms with Crippen molar-refractivity contribution in [2.45, 2.75) is 6.36 Å². The number of allylic oxidation sites excluding steroid dienone is 1. The number of hydrogen-bond donors (Lipinski definition) is 0. The smallest absolute Gasteiger partial charge is 0.406 e. The number of nitriles is 1. The summed E-state index contributed by atoms with van der Waals surface area (Å²) in [6, 6.07) is 9.83. The van der Waals surface area contributed by atoms with Gasteiger partial charge in [-0.15, -0.1) is 13.2 Å². The van der Waals surface area contributed by atoms with Gasteiger partial charge in [-0.05, 0) is 42.5 Å². The maximum absolute atomic E-state index is 12.2. The van der Waals surface area contributed by atoms with E-state index in [9.17, 15) is 21.6 Å². The number of rotatable bonds is 4. The fraction of sp³-hybridized carbons (Fsp3) is 0.133. The molecule has 126 valence electrons. The third-order valence-electron chi connectivity index (χ3n) is 2.92. The van der Waals surface area contributed by atoms with Crippen molar-refractivity contribution < 1.29 is 26.3 Å². The van der Waals surface area contributed by atoms with Gasteiger partial charge >= 0.3 is 6.36 Å². The van der Waals surface area contributed by atoms with Gasteiger partial charge in [-0.25, -0.2) is 8.42 Å². The lowest BCUT2D eigenvalue weighted by Crippen LogP contribution is -2.17. The van der Waals surface area contributed by atoms with Crippen LogP contribution in [0.5, 0.6) is 5.75 Å². The van der Waals surface area contributed by atoms with Gasteiger partial charge in [0.25, 0.3) is 0 Å². The van der Waals surface area contributed by atoms with E-state index in [1.54, 1.807) is 24.4 Å². The second-order valence-corrected chi connectivity index (χ2v) is 6.72. The lowest BCUT2D eigenvalue weighted by molar-refractivity contribution is -0.274. The molecule has 0 bridgehead atoms. The van der Waals surface area contributed by atoms with Crippen LogP contribution in [0.1, 0.15) is 5.69 Å². The van der Waals surface area contributed by atoms with Crippen molar-refractivity contribution in [3.63, 3.8) is 0 Å². The standard InChI is InChI=1S/C15H11F3N2O3S/c1-24(21,22)14(10-19)9-12-3-2-8-20(12)11-4-6-13(7-5-11)23-15(16,17)18/h2-9H,1H3/b14-9+. The van der Waals surface area contributed by atoms with E-state index in [2.05, 4.69) is 4.74 Å². The predicted octanol–water partition coefficient (Wildman–Crippen LogP) is 3.28. The van der Waals surface area contributed by atoms with Crippen molar-refractivity contribution in [1.29, 1.82) is 5.26 Å². The van der Waals surface area contributed by atoms with Crippen molar-refractivity contribution in [3.05, 3.63) is 53.2 Å². The second-order valence-electron chi connectivity index (χ2n) is 4.74. The Morgan fingerprint density at radius 3 is 2.38 bits per heavy atom. The molecule has 1 aromatic carbocycles. The molecule has 0 amide bonds. The highest BCUT2D eigenvalue weighted by molar-refractivity contribution is 7.95.